The van der Waals surface area contributed by atoms with Crippen LogP contribution >= 0.6 is 11.6 Å². The van der Waals surface area contributed by atoms with Gasteiger partial charge in [0.15, 0.2) is 0 Å². The molecule has 1 aromatic rings. The SMILES string of the molecule is N#CCc1ccc(CN2CCCCC2)c(Cl)c1. The molecule has 90 valence electrons. The largest absolute Gasteiger partial charge is 0.299 e. The molecule has 1 aliphatic rings. The summed E-state index contributed by atoms with van der Waals surface area (Å²) in [7, 11) is 0. The fraction of sp³-hybridized carbons (Fsp3) is 0.500. The van der Waals surface area contributed by atoms with Crippen molar-refractivity contribution in [3.05, 3.63) is 34.3 Å². The van der Waals surface area contributed by atoms with E-state index in [-0.39, 0.29) is 0 Å². The zero-order valence-corrected chi connectivity index (χ0v) is 10.7. The van der Waals surface area contributed by atoms with E-state index < -0.39 is 0 Å². The highest BCUT2D eigenvalue weighted by Crippen LogP contribution is 2.21. The Morgan fingerprint density at radius 2 is 2.00 bits per heavy atom. The zero-order valence-electron chi connectivity index (χ0n) is 9.95. The number of hydrogen-bond acceptors (Lipinski definition) is 2. The monoisotopic (exact) mass is 248 g/mol. The zero-order chi connectivity index (χ0) is 12.1. The minimum atomic E-state index is 0.434. The fourth-order valence-corrected chi connectivity index (χ4v) is 2.54. The Kier molecular flexibility index (Phi) is 4.42. The van der Waals surface area contributed by atoms with Gasteiger partial charge in [-0.1, -0.05) is 30.2 Å². The van der Waals surface area contributed by atoms with Crippen molar-refractivity contribution >= 4 is 11.6 Å². The Labute approximate surface area is 108 Å². The lowest BCUT2D eigenvalue weighted by atomic mass is 10.1. The maximum Gasteiger partial charge on any atom is 0.0669 e. The average Bonchev–Trinajstić information content (AvgIpc) is 2.34. The van der Waals surface area contributed by atoms with Gasteiger partial charge in [0, 0.05) is 11.6 Å². The van der Waals surface area contributed by atoms with E-state index >= 15 is 0 Å². The molecular weight excluding hydrogens is 232 g/mol. The van der Waals surface area contributed by atoms with Gasteiger partial charge >= 0.3 is 0 Å². The maximum atomic E-state index is 8.64. The van der Waals surface area contributed by atoms with Crippen molar-refractivity contribution in [1.29, 1.82) is 5.26 Å². The summed E-state index contributed by atoms with van der Waals surface area (Å²) in [5, 5.41) is 9.43. The summed E-state index contributed by atoms with van der Waals surface area (Å²) in [6.45, 7) is 3.29. The molecule has 1 fully saturated rings. The van der Waals surface area contributed by atoms with E-state index in [1.54, 1.807) is 0 Å². The predicted octanol–water partition coefficient (Wildman–Crippen LogP) is 3.39. The molecule has 1 aliphatic heterocycles. The van der Waals surface area contributed by atoms with Gasteiger partial charge in [-0.25, -0.2) is 0 Å². The first-order valence-corrected chi connectivity index (χ1v) is 6.54. The van der Waals surface area contributed by atoms with Crippen molar-refractivity contribution in [2.45, 2.75) is 32.2 Å². The molecule has 0 aromatic heterocycles. The van der Waals surface area contributed by atoms with E-state index in [0.29, 0.717) is 6.42 Å². The van der Waals surface area contributed by atoms with Gasteiger partial charge in [-0.05, 0) is 43.1 Å². The molecule has 3 heteroatoms. The van der Waals surface area contributed by atoms with Crippen molar-refractivity contribution in [3.8, 4) is 6.07 Å². The lowest BCUT2D eigenvalue weighted by Gasteiger charge is -2.26. The Bertz CT molecular complexity index is 417. The predicted molar refractivity (Wildman–Crippen MR) is 69.9 cm³/mol. The summed E-state index contributed by atoms with van der Waals surface area (Å²) in [5.74, 6) is 0. The number of halogens is 1. The van der Waals surface area contributed by atoms with E-state index in [1.165, 1.54) is 37.9 Å². The van der Waals surface area contributed by atoms with Crippen LogP contribution in [0.2, 0.25) is 5.02 Å². The molecule has 1 aromatic carbocycles. The van der Waals surface area contributed by atoms with Crippen molar-refractivity contribution < 1.29 is 0 Å². The standard InChI is InChI=1S/C14H17ClN2/c15-14-10-12(6-7-16)4-5-13(14)11-17-8-2-1-3-9-17/h4-5,10H,1-3,6,8-9,11H2. The van der Waals surface area contributed by atoms with Crippen molar-refractivity contribution in [1.82, 2.24) is 4.90 Å². The third-order valence-corrected chi connectivity index (χ3v) is 3.60. The number of benzene rings is 1. The summed E-state index contributed by atoms with van der Waals surface area (Å²) in [6, 6.07) is 8.13. The number of hydrogen-bond donors (Lipinski definition) is 0. The minimum absolute atomic E-state index is 0.434. The smallest absolute Gasteiger partial charge is 0.0669 e. The van der Waals surface area contributed by atoms with Crippen LogP contribution in [0.1, 0.15) is 30.4 Å². The number of likely N-dealkylation sites (tertiary alicyclic amines) is 1. The van der Waals surface area contributed by atoms with E-state index in [4.69, 9.17) is 16.9 Å². The number of rotatable bonds is 3. The van der Waals surface area contributed by atoms with Crippen LogP contribution in [-0.2, 0) is 13.0 Å². The quantitative estimate of drug-likeness (QED) is 0.820. The van der Waals surface area contributed by atoms with Gasteiger partial charge in [0.25, 0.3) is 0 Å². The van der Waals surface area contributed by atoms with Gasteiger partial charge < -0.3 is 0 Å². The van der Waals surface area contributed by atoms with Crippen LogP contribution in [-0.4, -0.2) is 18.0 Å². The van der Waals surface area contributed by atoms with Gasteiger partial charge in [0.2, 0.25) is 0 Å². The number of nitrogens with zero attached hydrogens (tertiary/aromatic N) is 2. The molecule has 2 rings (SSSR count). The van der Waals surface area contributed by atoms with Gasteiger partial charge in [-0.15, -0.1) is 0 Å². The van der Waals surface area contributed by atoms with Crippen LogP contribution in [0.3, 0.4) is 0 Å². The third kappa shape index (κ3) is 3.46. The summed E-state index contributed by atoms with van der Waals surface area (Å²) in [6.07, 6.45) is 4.38. The molecule has 0 unspecified atom stereocenters. The van der Waals surface area contributed by atoms with Crippen LogP contribution < -0.4 is 0 Å². The van der Waals surface area contributed by atoms with E-state index in [0.717, 1.165) is 17.1 Å². The van der Waals surface area contributed by atoms with Crippen molar-refractivity contribution in [2.24, 2.45) is 0 Å². The molecule has 17 heavy (non-hydrogen) atoms. The molecule has 0 radical (unpaired) electrons. The highest BCUT2D eigenvalue weighted by Gasteiger charge is 2.12. The minimum Gasteiger partial charge on any atom is -0.299 e. The first-order chi connectivity index (χ1) is 8.29. The molecule has 0 saturated carbocycles. The maximum absolute atomic E-state index is 8.64. The van der Waals surface area contributed by atoms with Gasteiger partial charge in [0.1, 0.15) is 0 Å². The van der Waals surface area contributed by atoms with Crippen molar-refractivity contribution in [2.75, 3.05) is 13.1 Å². The van der Waals surface area contributed by atoms with Crippen LogP contribution in [0.15, 0.2) is 18.2 Å². The van der Waals surface area contributed by atoms with Gasteiger partial charge in [0.05, 0.1) is 12.5 Å². The van der Waals surface area contributed by atoms with Crippen LogP contribution in [0.25, 0.3) is 0 Å². The van der Waals surface area contributed by atoms with Crippen LogP contribution in [0, 0.1) is 11.3 Å². The van der Waals surface area contributed by atoms with E-state index in [2.05, 4.69) is 17.0 Å². The Morgan fingerprint density at radius 1 is 1.24 bits per heavy atom. The summed E-state index contributed by atoms with van der Waals surface area (Å²) >= 11 is 6.25. The molecule has 0 aliphatic carbocycles. The molecule has 1 heterocycles. The number of piperidine rings is 1. The molecule has 0 amide bonds. The highest BCUT2D eigenvalue weighted by molar-refractivity contribution is 6.31. The summed E-state index contributed by atoms with van der Waals surface area (Å²) < 4.78 is 0. The van der Waals surface area contributed by atoms with E-state index in [9.17, 15) is 0 Å². The first-order valence-electron chi connectivity index (χ1n) is 6.16. The lowest BCUT2D eigenvalue weighted by Crippen LogP contribution is -2.29. The van der Waals surface area contributed by atoms with Gasteiger partial charge in [-0.3, -0.25) is 4.90 Å². The van der Waals surface area contributed by atoms with Gasteiger partial charge in [-0.2, -0.15) is 5.26 Å². The summed E-state index contributed by atoms with van der Waals surface area (Å²) in [4.78, 5) is 2.45. The molecule has 0 atom stereocenters. The topological polar surface area (TPSA) is 27.0 Å². The van der Waals surface area contributed by atoms with Crippen LogP contribution in [0.4, 0.5) is 0 Å². The second-order valence-electron chi connectivity index (χ2n) is 4.60. The normalized spacial score (nSPS) is 16.7. The molecule has 0 spiro atoms. The van der Waals surface area contributed by atoms with E-state index in [1.807, 2.05) is 12.1 Å². The third-order valence-electron chi connectivity index (χ3n) is 3.24. The molecule has 1 saturated heterocycles. The fourth-order valence-electron chi connectivity index (χ4n) is 2.28. The molecule has 2 nitrogen and oxygen atoms in total. The van der Waals surface area contributed by atoms with Crippen molar-refractivity contribution in [3.63, 3.8) is 0 Å². The highest BCUT2D eigenvalue weighted by atomic mass is 35.5. The Morgan fingerprint density at radius 3 is 2.65 bits per heavy atom. The Balaban J connectivity index is 2.03. The molecular formula is C14H17ClN2. The summed E-state index contributed by atoms with van der Waals surface area (Å²) in [5.41, 5.74) is 2.18. The Hall–Kier alpha value is -1.04. The second kappa shape index (κ2) is 6.05. The first kappa shape index (κ1) is 12.4. The molecule has 0 N–H and O–H groups in total. The van der Waals surface area contributed by atoms with Crippen LogP contribution in [0.5, 0.6) is 0 Å². The lowest BCUT2D eigenvalue weighted by molar-refractivity contribution is 0.221. The average molecular weight is 249 g/mol. The second-order valence-corrected chi connectivity index (χ2v) is 5.00. The number of nitriles is 1. The molecule has 0 bridgehead atoms.